The van der Waals surface area contributed by atoms with E-state index in [1.807, 2.05) is 116 Å². The SMILES string of the molecule is Cc1oc(-c2ccccc2)nc1CCOc1ccc([C@H]2CC[C@@H](C(=O)O)N2Cc2ccc(Oc3ccccc3)cc2)cc1. The van der Waals surface area contributed by atoms with Crippen molar-refractivity contribution in [3.05, 3.63) is 132 Å². The van der Waals surface area contributed by atoms with E-state index in [-0.39, 0.29) is 6.04 Å². The third-order valence-electron chi connectivity index (χ3n) is 7.85. The standard InChI is InChI=1S/C36H34N2O5/c1-25-32(37-35(42-25)28-8-4-2-5-9-28)22-23-41-29-18-14-27(15-19-29)33-20-21-34(36(39)40)38(33)24-26-12-16-31(17-13-26)43-30-10-6-3-7-11-30/h2-19,33-34H,20-24H2,1H3,(H,39,40)/t33-,34+/m1/s1. The quantitative estimate of drug-likeness (QED) is 0.172. The predicted molar refractivity (Wildman–Crippen MR) is 164 cm³/mol. The van der Waals surface area contributed by atoms with Crippen LogP contribution in [0.4, 0.5) is 0 Å². The maximum atomic E-state index is 12.1. The Morgan fingerprint density at radius 3 is 2.21 bits per heavy atom. The van der Waals surface area contributed by atoms with Gasteiger partial charge in [-0.05, 0) is 79.4 Å². The van der Waals surface area contributed by atoms with Crippen LogP contribution in [0, 0.1) is 6.92 Å². The second-order valence-corrected chi connectivity index (χ2v) is 10.7. The maximum Gasteiger partial charge on any atom is 0.320 e. The molecule has 0 aliphatic carbocycles. The molecule has 0 amide bonds. The van der Waals surface area contributed by atoms with E-state index in [1.165, 1.54) is 0 Å². The van der Waals surface area contributed by atoms with Crippen LogP contribution in [0.1, 0.15) is 41.5 Å². The van der Waals surface area contributed by atoms with Gasteiger partial charge in [0.05, 0.1) is 12.3 Å². The zero-order valence-electron chi connectivity index (χ0n) is 24.1. The third-order valence-corrected chi connectivity index (χ3v) is 7.85. The minimum atomic E-state index is -0.787. The van der Waals surface area contributed by atoms with Crippen molar-refractivity contribution >= 4 is 5.97 Å². The Bertz CT molecular complexity index is 1630. The van der Waals surface area contributed by atoms with Gasteiger partial charge in [-0.3, -0.25) is 9.69 Å². The van der Waals surface area contributed by atoms with Crippen LogP contribution in [0.2, 0.25) is 0 Å². The Kier molecular flexibility index (Phi) is 8.52. The largest absolute Gasteiger partial charge is 0.493 e. The van der Waals surface area contributed by atoms with Gasteiger partial charge in [-0.15, -0.1) is 0 Å². The number of likely N-dealkylation sites (tertiary alicyclic amines) is 1. The molecule has 2 atom stereocenters. The summed E-state index contributed by atoms with van der Waals surface area (Å²) >= 11 is 0. The van der Waals surface area contributed by atoms with E-state index in [9.17, 15) is 9.90 Å². The molecule has 218 valence electrons. The van der Waals surface area contributed by atoms with Gasteiger partial charge in [0.2, 0.25) is 5.89 Å². The minimum Gasteiger partial charge on any atom is -0.493 e. The summed E-state index contributed by atoms with van der Waals surface area (Å²) in [5.41, 5.74) is 3.96. The topological polar surface area (TPSA) is 85.0 Å². The normalized spacial score (nSPS) is 16.7. The lowest BCUT2D eigenvalue weighted by Gasteiger charge is -2.28. The fraction of sp³-hybridized carbons (Fsp3) is 0.222. The minimum absolute atomic E-state index is 0.00424. The number of carbonyl (C=O) groups is 1. The number of hydrogen-bond acceptors (Lipinski definition) is 6. The van der Waals surface area contributed by atoms with E-state index < -0.39 is 12.0 Å². The van der Waals surface area contributed by atoms with Crippen LogP contribution in [-0.4, -0.2) is 33.6 Å². The smallest absolute Gasteiger partial charge is 0.320 e. The van der Waals surface area contributed by atoms with Crippen molar-refractivity contribution in [2.24, 2.45) is 0 Å². The van der Waals surface area contributed by atoms with Crippen molar-refractivity contribution < 1.29 is 23.8 Å². The van der Waals surface area contributed by atoms with Crippen LogP contribution < -0.4 is 9.47 Å². The van der Waals surface area contributed by atoms with Gasteiger partial charge in [-0.1, -0.05) is 60.7 Å². The molecule has 5 aromatic rings. The fourth-order valence-electron chi connectivity index (χ4n) is 5.62. The summed E-state index contributed by atoms with van der Waals surface area (Å²) < 4.78 is 17.8. The lowest BCUT2D eigenvalue weighted by atomic mass is 10.0. The molecular weight excluding hydrogens is 540 g/mol. The highest BCUT2D eigenvalue weighted by molar-refractivity contribution is 5.74. The summed E-state index contributed by atoms with van der Waals surface area (Å²) in [6, 6.07) is 34.8. The Morgan fingerprint density at radius 1 is 0.860 bits per heavy atom. The first-order chi connectivity index (χ1) is 21.0. The van der Waals surface area contributed by atoms with Crippen molar-refractivity contribution in [3.63, 3.8) is 0 Å². The molecule has 43 heavy (non-hydrogen) atoms. The number of aromatic nitrogens is 1. The molecule has 4 aromatic carbocycles. The summed E-state index contributed by atoms with van der Waals surface area (Å²) in [5.74, 6) is 2.92. The molecular formula is C36H34N2O5. The highest BCUT2D eigenvalue weighted by atomic mass is 16.5. The summed E-state index contributed by atoms with van der Waals surface area (Å²) in [6.07, 6.45) is 2.02. The number of nitrogens with zero attached hydrogens (tertiary/aromatic N) is 2. The molecule has 7 heteroatoms. The lowest BCUT2D eigenvalue weighted by Crippen LogP contribution is -2.36. The summed E-state index contributed by atoms with van der Waals surface area (Å²) in [6.45, 7) is 2.93. The second-order valence-electron chi connectivity index (χ2n) is 10.7. The van der Waals surface area contributed by atoms with Crippen molar-refractivity contribution in [3.8, 4) is 28.7 Å². The van der Waals surface area contributed by atoms with Crippen molar-refractivity contribution in [1.82, 2.24) is 9.88 Å². The molecule has 1 aromatic heterocycles. The van der Waals surface area contributed by atoms with E-state index in [2.05, 4.69) is 9.88 Å². The number of oxazole rings is 1. The van der Waals surface area contributed by atoms with Crippen molar-refractivity contribution in [2.45, 2.75) is 44.8 Å². The molecule has 0 saturated carbocycles. The van der Waals surface area contributed by atoms with Gasteiger partial charge in [0, 0.05) is 24.6 Å². The molecule has 0 radical (unpaired) electrons. The van der Waals surface area contributed by atoms with Gasteiger partial charge in [-0.25, -0.2) is 4.98 Å². The van der Waals surface area contributed by atoms with E-state index in [0.29, 0.717) is 31.9 Å². The van der Waals surface area contributed by atoms with Crippen LogP contribution in [0.25, 0.3) is 11.5 Å². The van der Waals surface area contributed by atoms with E-state index in [0.717, 1.165) is 51.8 Å². The molecule has 1 saturated heterocycles. The number of para-hydroxylation sites is 1. The number of aryl methyl sites for hydroxylation is 1. The molecule has 7 nitrogen and oxygen atoms in total. The van der Waals surface area contributed by atoms with E-state index in [4.69, 9.17) is 13.9 Å². The van der Waals surface area contributed by atoms with Crippen molar-refractivity contribution in [1.29, 1.82) is 0 Å². The molecule has 0 bridgehead atoms. The maximum absolute atomic E-state index is 12.1. The fourth-order valence-corrected chi connectivity index (χ4v) is 5.62. The van der Waals surface area contributed by atoms with Gasteiger partial charge in [0.1, 0.15) is 29.1 Å². The summed E-state index contributed by atoms with van der Waals surface area (Å²) in [7, 11) is 0. The van der Waals surface area contributed by atoms with Crippen LogP contribution in [0.5, 0.6) is 17.2 Å². The Morgan fingerprint density at radius 2 is 1.51 bits per heavy atom. The van der Waals surface area contributed by atoms with Gasteiger partial charge in [-0.2, -0.15) is 0 Å². The molecule has 2 heterocycles. The number of ether oxygens (including phenoxy) is 2. The first-order valence-corrected chi connectivity index (χ1v) is 14.6. The van der Waals surface area contributed by atoms with Crippen molar-refractivity contribution in [2.75, 3.05) is 6.61 Å². The molecule has 1 fully saturated rings. The van der Waals surface area contributed by atoms with Crippen LogP contribution in [0.15, 0.2) is 114 Å². The summed E-state index contributed by atoms with van der Waals surface area (Å²) in [5, 5.41) is 9.96. The number of carboxylic acid groups (broad SMARTS) is 1. The predicted octanol–water partition coefficient (Wildman–Crippen LogP) is 7.85. The molecule has 0 unspecified atom stereocenters. The van der Waals surface area contributed by atoms with E-state index >= 15 is 0 Å². The van der Waals surface area contributed by atoms with E-state index in [1.54, 1.807) is 0 Å². The van der Waals surface area contributed by atoms with Gasteiger partial charge >= 0.3 is 5.97 Å². The number of hydrogen-bond donors (Lipinski definition) is 1. The highest BCUT2D eigenvalue weighted by Crippen LogP contribution is 2.38. The zero-order valence-corrected chi connectivity index (χ0v) is 24.1. The monoisotopic (exact) mass is 574 g/mol. The van der Waals surface area contributed by atoms with Crippen LogP contribution in [-0.2, 0) is 17.8 Å². The molecule has 1 aliphatic rings. The summed E-state index contributed by atoms with van der Waals surface area (Å²) in [4.78, 5) is 18.9. The van der Waals surface area contributed by atoms with Gasteiger partial charge in [0.15, 0.2) is 0 Å². The Balaban J connectivity index is 1.08. The highest BCUT2D eigenvalue weighted by Gasteiger charge is 2.38. The zero-order chi connectivity index (χ0) is 29.6. The average molecular weight is 575 g/mol. The molecule has 6 rings (SSSR count). The molecule has 0 spiro atoms. The van der Waals surface area contributed by atoms with Gasteiger partial charge < -0.3 is 19.0 Å². The van der Waals surface area contributed by atoms with Crippen LogP contribution in [0.3, 0.4) is 0 Å². The Labute approximate surface area is 251 Å². The molecule has 1 aliphatic heterocycles. The first-order valence-electron chi connectivity index (χ1n) is 14.6. The molecule has 1 N–H and O–H groups in total. The number of benzene rings is 4. The number of aliphatic carboxylic acids is 1. The third kappa shape index (κ3) is 6.79. The number of carboxylic acids is 1. The van der Waals surface area contributed by atoms with Gasteiger partial charge in [0.25, 0.3) is 0 Å². The number of rotatable bonds is 11. The second kappa shape index (κ2) is 13.0. The first kappa shape index (κ1) is 28.2. The average Bonchev–Trinajstić information content (AvgIpc) is 3.63. The lowest BCUT2D eigenvalue weighted by molar-refractivity contribution is -0.142. The van der Waals surface area contributed by atoms with Crippen LogP contribution >= 0.6 is 0 Å². The Hall–Kier alpha value is -4.88.